The highest BCUT2D eigenvalue weighted by Crippen LogP contribution is 2.21. The molecule has 0 spiro atoms. The maximum atomic E-state index is 11.7. The molecule has 0 aliphatic carbocycles. The Morgan fingerprint density at radius 3 is 2.56 bits per heavy atom. The predicted molar refractivity (Wildman–Crippen MR) is 74.3 cm³/mol. The van der Waals surface area contributed by atoms with Gasteiger partial charge in [0, 0.05) is 16.3 Å². The van der Waals surface area contributed by atoms with Gasteiger partial charge in [0.05, 0.1) is 4.88 Å². The first-order chi connectivity index (χ1) is 7.74. The van der Waals surface area contributed by atoms with Crippen molar-refractivity contribution in [3.05, 3.63) is 20.8 Å². The summed E-state index contributed by atoms with van der Waals surface area (Å²) < 4.78 is 1.02. The molecule has 0 N–H and O–H groups in total. The van der Waals surface area contributed by atoms with Gasteiger partial charge in [-0.15, -0.1) is 11.3 Å². The molecule has 0 bridgehead atoms. The smallest absolute Gasteiger partial charge is 0.172 e. The Morgan fingerprint density at radius 2 is 1.94 bits per heavy atom. The summed E-state index contributed by atoms with van der Waals surface area (Å²) >= 11 is 4.90. The van der Waals surface area contributed by atoms with Crippen LogP contribution in [0, 0.1) is 0 Å². The van der Waals surface area contributed by atoms with Gasteiger partial charge >= 0.3 is 0 Å². The van der Waals surface area contributed by atoms with Crippen LogP contribution in [0.4, 0.5) is 0 Å². The van der Waals surface area contributed by atoms with Gasteiger partial charge in [0.1, 0.15) is 0 Å². The van der Waals surface area contributed by atoms with Gasteiger partial charge in [0.15, 0.2) is 5.78 Å². The topological polar surface area (TPSA) is 17.1 Å². The third-order valence-electron chi connectivity index (χ3n) is 2.60. The zero-order valence-corrected chi connectivity index (χ0v) is 12.2. The maximum absolute atomic E-state index is 11.7. The number of Topliss-reactive ketones (excluding diaryl/α,β-unsaturated/α-hetero) is 1. The van der Waals surface area contributed by atoms with Gasteiger partial charge in [0.2, 0.25) is 0 Å². The van der Waals surface area contributed by atoms with Crippen LogP contribution < -0.4 is 0 Å². The molecule has 0 unspecified atom stereocenters. The molecule has 90 valence electrons. The molecular weight excluding hydrogens is 284 g/mol. The van der Waals surface area contributed by atoms with E-state index in [1.165, 1.54) is 43.4 Å². The van der Waals surface area contributed by atoms with Crippen LogP contribution >= 0.6 is 27.3 Å². The zero-order valence-electron chi connectivity index (χ0n) is 9.80. The summed E-state index contributed by atoms with van der Waals surface area (Å²) in [5.41, 5.74) is 0. The quantitative estimate of drug-likeness (QED) is 0.461. The van der Waals surface area contributed by atoms with Gasteiger partial charge in [-0.25, -0.2) is 0 Å². The first kappa shape index (κ1) is 13.9. The SMILES string of the molecule is CCCCCCCCC(=O)c1cc(Br)cs1. The molecule has 0 saturated heterocycles. The molecule has 0 aliphatic rings. The maximum Gasteiger partial charge on any atom is 0.172 e. The van der Waals surface area contributed by atoms with Crippen LogP contribution in [0.1, 0.15) is 61.5 Å². The Hall–Kier alpha value is -0.150. The van der Waals surface area contributed by atoms with Crippen molar-refractivity contribution < 1.29 is 4.79 Å². The number of unbranched alkanes of at least 4 members (excludes halogenated alkanes) is 5. The van der Waals surface area contributed by atoms with E-state index in [0.717, 1.165) is 15.8 Å². The molecule has 16 heavy (non-hydrogen) atoms. The number of carbonyl (C=O) groups is 1. The minimum absolute atomic E-state index is 0.297. The number of carbonyl (C=O) groups excluding carboxylic acids is 1. The van der Waals surface area contributed by atoms with E-state index in [4.69, 9.17) is 0 Å². The molecule has 1 aromatic heterocycles. The van der Waals surface area contributed by atoms with E-state index in [-0.39, 0.29) is 0 Å². The minimum atomic E-state index is 0.297. The first-order valence-electron chi connectivity index (χ1n) is 6.01. The largest absolute Gasteiger partial charge is 0.293 e. The van der Waals surface area contributed by atoms with E-state index in [0.29, 0.717) is 12.2 Å². The van der Waals surface area contributed by atoms with Gasteiger partial charge in [-0.2, -0.15) is 0 Å². The molecule has 0 saturated carbocycles. The van der Waals surface area contributed by atoms with Crippen LogP contribution in [0.3, 0.4) is 0 Å². The number of hydrogen-bond donors (Lipinski definition) is 0. The summed E-state index contributed by atoms with van der Waals surface area (Å²) in [5, 5.41) is 1.97. The highest BCUT2D eigenvalue weighted by Gasteiger charge is 2.07. The molecule has 1 aromatic rings. The van der Waals surface area contributed by atoms with Crippen molar-refractivity contribution in [2.24, 2.45) is 0 Å². The van der Waals surface area contributed by atoms with Crippen molar-refractivity contribution in [1.82, 2.24) is 0 Å². The number of thiophene rings is 1. The van der Waals surface area contributed by atoms with Crippen molar-refractivity contribution in [2.75, 3.05) is 0 Å². The second kappa shape index (κ2) is 8.02. The lowest BCUT2D eigenvalue weighted by molar-refractivity contribution is 0.0983. The van der Waals surface area contributed by atoms with Crippen molar-refractivity contribution in [1.29, 1.82) is 0 Å². The van der Waals surface area contributed by atoms with E-state index >= 15 is 0 Å². The molecule has 0 aliphatic heterocycles. The van der Waals surface area contributed by atoms with Crippen molar-refractivity contribution in [3.63, 3.8) is 0 Å². The lowest BCUT2D eigenvalue weighted by Gasteiger charge is -1.99. The molecule has 0 fully saturated rings. The Bertz CT molecular complexity index is 319. The first-order valence-corrected chi connectivity index (χ1v) is 7.68. The van der Waals surface area contributed by atoms with Gasteiger partial charge in [-0.3, -0.25) is 4.79 Å². The zero-order chi connectivity index (χ0) is 11.8. The number of ketones is 1. The number of halogens is 1. The minimum Gasteiger partial charge on any atom is -0.293 e. The Morgan fingerprint density at radius 1 is 1.25 bits per heavy atom. The van der Waals surface area contributed by atoms with Crippen LogP contribution in [-0.4, -0.2) is 5.78 Å². The standard InChI is InChI=1S/C13H19BrOS/c1-2-3-4-5-6-7-8-12(15)13-9-11(14)10-16-13/h9-10H,2-8H2,1H3. The summed E-state index contributed by atoms with van der Waals surface area (Å²) in [6, 6.07) is 1.92. The molecule has 1 nitrogen and oxygen atoms in total. The van der Waals surface area contributed by atoms with E-state index < -0.39 is 0 Å². The van der Waals surface area contributed by atoms with Gasteiger partial charge in [-0.1, -0.05) is 39.0 Å². The average Bonchev–Trinajstić information content (AvgIpc) is 2.70. The van der Waals surface area contributed by atoms with Crippen molar-refractivity contribution in [3.8, 4) is 0 Å². The summed E-state index contributed by atoms with van der Waals surface area (Å²) in [5.74, 6) is 0.297. The molecule has 0 radical (unpaired) electrons. The molecule has 1 heterocycles. The Kier molecular flexibility index (Phi) is 6.97. The second-order valence-electron chi connectivity index (χ2n) is 4.07. The van der Waals surface area contributed by atoms with E-state index in [1.807, 2.05) is 11.4 Å². The highest BCUT2D eigenvalue weighted by atomic mass is 79.9. The second-order valence-corrected chi connectivity index (χ2v) is 5.90. The Balaban J connectivity index is 2.11. The van der Waals surface area contributed by atoms with E-state index in [1.54, 1.807) is 0 Å². The van der Waals surface area contributed by atoms with Gasteiger partial charge in [0.25, 0.3) is 0 Å². The highest BCUT2D eigenvalue weighted by molar-refractivity contribution is 9.10. The Labute approximate surface area is 110 Å². The van der Waals surface area contributed by atoms with E-state index in [9.17, 15) is 4.79 Å². The molecular formula is C13H19BrOS. The summed E-state index contributed by atoms with van der Waals surface area (Å²) in [6.07, 6.45) is 8.13. The fraction of sp³-hybridized carbons (Fsp3) is 0.615. The molecule has 0 atom stereocenters. The number of rotatable bonds is 8. The normalized spacial score (nSPS) is 10.6. The van der Waals surface area contributed by atoms with E-state index in [2.05, 4.69) is 22.9 Å². The summed E-state index contributed by atoms with van der Waals surface area (Å²) in [6.45, 7) is 2.22. The van der Waals surface area contributed by atoms with Crippen LogP contribution in [-0.2, 0) is 0 Å². The summed E-state index contributed by atoms with van der Waals surface area (Å²) in [4.78, 5) is 12.6. The third kappa shape index (κ3) is 5.26. The van der Waals surface area contributed by atoms with Gasteiger partial charge in [-0.05, 0) is 28.4 Å². The van der Waals surface area contributed by atoms with Crippen LogP contribution in [0.2, 0.25) is 0 Å². The third-order valence-corrected chi connectivity index (χ3v) is 4.33. The van der Waals surface area contributed by atoms with Crippen LogP contribution in [0.25, 0.3) is 0 Å². The molecule has 3 heteroatoms. The van der Waals surface area contributed by atoms with Crippen LogP contribution in [0.5, 0.6) is 0 Å². The summed E-state index contributed by atoms with van der Waals surface area (Å²) in [7, 11) is 0. The van der Waals surface area contributed by atoms with Gasteiger partial charge < -0.3 is 0 Å². The van der Waals surface area contributed by atoms with Crippen molar-refractivity contribution in [2.45, 2.75) is 51.9 Å². The predicted octanol–water partition coefficient (Wildman–Crippen LogP) is 5.44. The lowest BCUT2D eigenvalue weighted by atomic mass is 10.1. The fourth-order valence-corrected chi connectivity index (χ4v) is 3.05. The molecule has 1 rings (SSSR count). The average molecular weight is 303 g/mol. The molecule has 0 aromatic carbocycles. The number of hydrogen-bond acceptors (Lipinski definition) is 2. The monoisotopic (exact) mass is 302 g/mol. The van der Waals surface area contributed by atoms with Crippen LogP contribution in [0.15, 0.2) is 15.9 Å². The fourth-order valence-electron chi connectivity index (χ4n) is 1.65. The lowest BCUT2D eigenvalue weighted by Crippen LogP contribution is -1.95. The molecule has 0 amide bonds. The van der Waals surface area contributed by atoms with Crippen molar-refractivity contribution >= 4 is 33.0 Å².